The standard InChI is InChI=1S/C16H18ClNO3/c1-11(17)14(19)18-15(20)12-7-3-4-8-13(12)21-16(18)9-5-2-6-10-16/h3-4,7-8,11H,2,5-6,9-10H2,1H3. The summed E-state index contributed by atoms with van der Waals surface area (Å²) in [7, 11) is 0. The number of rotatable bonds is 1. The number of imide groups is 1. The van der Waals surface area contributed by atoms with Crippen molar-refractivity contribution in [3.05, 3.63) is 29.8 Å². The maximum Gasteiger partial charge on any atom is 0.267 e. The van der Waals surface area contributed by atoms with Gasteiger partial charge in [0.1, 0.15) is 11.1 Å². The van der Waals surface area contributed by atoms with Gasteiger partial charge < -0.3 is 4.74 Å². The van der Waals surface area contributed by atoms with Gasteiger partial charge >= 0.3 is 0 Å². The zero-order valence-electron chi connectivity index (χ0n) is 12.0. The third-order valence-corrected chi connectivity index (χ3v) is 4.41. The summed E-state index contributed by atoms with van der Waals surface area (Å²) in [6.07, 6.45) is 4.32. The van der Waals surface area contributed by atoms with E-state index in [2.05, 4.69) is 0 Å². The van der Waals surface area contributed by atoms with Gasteiger partial charge in [0.05, 0.1) is 5.56 Å². The SMILES string of the molecule is CC(Cl)C(=O)N1C(=O)c2ccccc2OC12CCCCC2. The van der Waals surface area contributed by atoms with Crippen LogP contribution >= 0.6 is 11.6 Å². The molecule has 0 bridgehead atoms. The first kappa shape index (κ1) is 14.4. The first-order chi connectivity index (χ1) is 10.1. The molecule has 1 spiro atoms. The van der Waals surface area contributed by atoms with Gasteiger partial charge in [-0.15, -0.1) is 11.6 Å². The van der Waals surface area contributed by atoms with Crippen molar-refractivity contribution in [3.63, 3.8) is 0 Å². The monoisotopic (exact) mass is 307 g/mol. The fraction of sp³-hybridized carbons (Fsp3) is 0.500. The number of nitrogens with zero attached hydrogens (tertiary/aromatic N) is 1. The summed E-state index contributed by atoms with van der Waals surface area (Å²) < 4.78 is 6.14. The van der Waals surface area contributed by atoms with Crippen molar-refractivity contribution in [2.24, 2.45) is 0 Å². The average Bonchev–Trinajstić information content (AvgIpc) is 2.48. The molecule has 4 nitrogen and oxygen atoms in total. The van der Waals surface area contributed by atoms with E-state index >= 15 is 0 Å². The van der Waals surface area contributed by atoms with E-state index in [0.29, 0.717) is 24.2 Å². The zero-order chi connectivity index (χ0) is 15.0. The Morgan fingerprint density at radius 2 is 1.95 bits per heavy atom. The normalized spacial score (nSPS) is 21.6. The summed E-state index contributed by atoms with van der Waals surface area (Å²) in [6, 6.07) is 7.08. The van der Waals surface area contributed by atoms with Crippen LogP contribution in [-0.4, -0.2) is 27.8 Å². The molecule has 3 rings (SSSR count). The van der Waals surface area contributed by atoms with Crippen LogP contribution in [0.15, 0.2) is 24.3 Å². The molecule has 1 atom stereocenters. The largest absolute Gasteiger partial charge is 0.467 e. The first-order valence-electron chi connectivity index (χ1n) is 7.36. The van der Waals surface area contributed by atoms with Crippen molar-refractivity contribution in [3.8, 4) is 5.75 Å². The lowest BCUT2D eigenvalue weighted by atomic mass is 9.88. The second-order valence-electron chi connectivity index (χ2n) is 5.70. The maximum absolute atomic E-state index is 12.8. The number of hydrogen-bond acceptors (Lipinski definition) is 3. The molecule has 1 unspecified atom stereocenters. The minimum absolute atomic E-state index is 0.295. The van der Waals surface area contributed by atoms with E-state index in [1.807, 2.05) is 6.07 Å². The Balaban J connectivity index is 2.09. The fourth-order valence-corrected chi connectivity index (χ4v) is 3.29. The van der Waals surface area contributed by atoms with Crippen molar-refractivity contribution in [2.75, 3.05) is 0 Å². The number of fused-ring (bicyclic) bond motifs is 1. The predicted molar refractivity (Wildman–Crippen MR) is 79.4 cm³/mol. The van der Waals surface area contributed by atoms with Gasteiger partial charge in [-0.05, 0) is 31.9 Å². The minimum Gasteiger partial charge on any atom is -0.467 e. The molecule has 0 N–H and O–H groups in total. The van der Waals surface area contributed by atoms with E-state index < -0.39 is 11.1 Å². The molecule has 1 fully saturated rings. The lowest BCUT2D eigenvalue weighted by Gasteiger charge is -2.48. The minimum atomic E-state index is -0.857. The smallest absolute Gasteiger partial charge is 0.267 e. The Morgan fingerprint density at radius 1 is 1.29 bits per heavy atom. The van der Waals surface area contributed by atoms with Gasteiger partial charge in [0.2, 0.25) is 5.91 Å². The van der Waals surface area contributed by atoms with Crippen LogP contribution < -0.4 is 4.74 Å². The quantitative estimate of drug-likeness (QED) is 0.748. The highest BCUT2D eigenvalue weighted by molar-refractivity contribution is 6.32. The zero-order valence-corrected chi connectivity index (χ0v) is 12.7. The van der Waals surface area contributed by atoms with Crippen LogP contribution in [0.1, 0.15) is 49.4 Å². The van der Waals surface area contributed by atoms with Crippen LogP contribution in [0.4, 0.5) is 0 Å². The van der Waals surface area contributed by atoms with Crippen LogP contribution in [-0.2, 0) is 4.79 Å². The molecule has 112 valence electrons. The summed E-state index contributed by atoms with van der Waals surface area (Å²) in [4.78, 5) is 26.6. The summed E-state index contributed by atoms with van der Waals surface area (Å²) in [5.41, 5.74) is -0.427. The van der Waals surface area contributed by atoms with Crippen molar-refractivity contribution in [2.45, 2.75) is 50.1 Å². The van der Waals surface area contributed by atoms with Gasteiger partial charge in [-0.3, -0.25) is 9.59 Å². The number of ether oxygens (including phenoxy) is 1. The fourth-order valence-electron chi connectivity index (χ4n) is 3.20. The second-order valence-corrected chi connectivity index (χ2v) is 6.35. The van der Waals surface area contributed by atoms with Gasteiger partial charge in [-0.2, -0.15) is 0 Å². The topological polar surface area (TPSA) is 46.6 Å². The summed E-state index contributed by atoms with van der Waals surface area (Å²) in [5, 5.41) is -0.749. The van der Waals surface area contributed by atoms with Crippen molar-refractivity contribution in [1.29, 1.82) is 0 Å². The second kappa shape index (κ2) is 5.34. The Morgan fingerprint density at radius 3 is 2.62 bits per heavy atom. The van der Waals surface area contributed by atoms with Crippen LogP contribution in [0.3, 0.4) is 0 Å². The Bertz CT molecular complexity index is 579. The maximum atomic E-state index is 12.8. The number of alkyl halides is 1. The summed E-state index contributed by atoms with van der Waals surface area (Å²) in [5.74, 6) is -0.106. The van der Waals surface area contributed by atoms with Gasteiger partial charge in [-0.1, -0.05) is 18.6 Å². The molecule has 0 radical (unpaired) electrons. The highest BCUT2D eigenvalue weighted by Gasteiger charge is 2.51. The average molecular weight is 308 g/mol. The van der Waals surface area contributed by atoms with Crippen LogP contribution in [0.5, 0.6) is 5.75 Å². The summed E-state index contributed by atoms with van der Waals surface area (Å²) in [6.45, 7) is 1.59. The number of halogens is 1. The number of carbonyl (C=O) groups excluding carboxylic acids is 2. The third-order valence-electron chi connectivity index (χ3n) is 4.22. The van der Waals surface area contributed by atoms with E-state index in [4.69, 9.17) is 16.3 Å². The number of amides is 2. The van der Waals surface area contributed by atoms with Crippen molar-refractivity contribution >= 4 is 23.4 Å². The molecule has 1 heterocycles. The summed E-state index contributed by atoms with van der Waals surface area (Å²) >= 11 is 5.96. The van der Waals surface area contributed by atoms with Crippen molar-refractivity contribution in [1.82, 2.24) is 4.90 Å². The van der Waals surface area contributed by atoms with E-state index in [9.17, 15) is 9.59 Å². The van der Waals surface area contributed by atoms with Gasteiger partial charge in [0.25, 0.3) is 5.91 Å². The molecule has 1 aromatic carbocycles. The molecule has 1 aromatic rings. The van der Waals surface area contributed by atoms with Crippen LogP contribution in [0.25, 0.3) is 0 Å². The van der Waals surface area contributed by atoms with E-state index in [1.54, 1.807) is 25.1 Å². The Labute approximate surface area is 129 Å². The predicted octanol–water partition coefficient (Wildman–Crippen LogP) is 3.34. The Hall–Kier alpha value is -1.55. The molecule has 1 aliphatic heterocycles. The van der Waals surface area contributed by atoms with Gasteiger partial charge in [0.15, 0.2) is 5.72 Å². The number of carbonyl (C=O) groups is 2. The molecular formula is C16H18ClNO3. The molecule has 1 saturated carbocycles. The van der Waals surface area contributed by atoms with Crippen molar-refractivity contribution < 1.29 is 14.3 Å². The molecule has 0 saturated heterocycles. The molecule has 0 aromatic heterocycles. The molecule has 21 heavy (non-hydrogen) atoms. The first-order valence-corrected chi connectivity index (χ1v) is 7.79. The van der Waals surface area contributed by atoms with Gasteiger partial charge in [-0.25, -0.2) is 4.90 Å². The molecule has 5 heteroatoms. The van der Waals surface area contributed by atoms with E-state index in [0.717, 1.165) is 19.3 Å². The number of hydrogen-bond donors (Lipinski definition) is 0. The number of para-hydroxylation sites is 1. The highest BCUT2D eigenvalue weighted by atomic mass is 35.5. The lowest BCUT2D eigenvalue weighted by Crippen LogP contribution is -2.62. The van der Waals surface area contributed by atoms with E-state index in [-0.39, 0.29) is 11.8 Å². The van der Waals surface area contributed by atoms with Gasteiger partial charge in [0, 0.05) is 12.8 Å². The molecular weight excluding hydrogens is 290 g/mol. The van der Waals surface area contributed by atoms with Crippen LogP contribution in [0, 0.1) is 0 Å². The number of benzene rings is 1. The van der Waals surface area contributed by atoms with E-state index in [1.165, 1.54) is 4.90 Å². The Kier molecular flexibility index (Phi) is 3.66. The van der Waals surface area contributed by atoms with Crippen LogP contribution in [0.2, 0.25) is 0 Å². The lowest BCUT2D eigenvalue weighted by molar-refractivity contribution is -0.153. The highest BCUT2D eigenvalue weighted by Crippen LogP contribution is 2.42. The molecule has 1 aliphatic carbocycles. The molecule has 2 amide bonds. The third kappa shape index (κ3) is 2.31. The molecule has 2 aliphatic rings.